The van der Waals surface area contributed by atoms with Crippen molar-refractivity contribution in [2.45, 2.75) is 39.0 Å². The van der Waals surface area contributed by atoms with Gasteiger partial charge in [0.25, 0.3) is 5.89 Å². The first-order valence-corrected chi connectivity index (χ1v) is 6.71. The fourth-order valence-corrected chi connectivity index (χ4v) is 2.34. The third kappa shape index (κ3) is 3.10. The molecular weight excluding hydrogens is 242 g/mol. The predicted octanol–water partition coefficient (Wildman–Crippen LogP) is 3.24. The van der Waals surface area contributed by atoms with Crippen molar-refractivity contribution in [1.29, 1.82) is 0 Å². The Kier molecular flexibility index (Phi) is 3.44. The first-order chi connectivity index (χ1) is 9.29. The average molecular weight is 259 g/mol. The van der Waals surface area contributed by atoms with Crippen LogP contribution in [0.4, 0.5) is 0 Å². The van der Waals surface area contributed by atoms with E-state index in [-0.39, 0.29) is 0 Å². The Bertz CT molecular complexity index is 547. The van der Waals surface area contributed by atoms with Crippen LogP contribution in [0, 0.1) is 5.92 Å². The van der Waals surface area contributed by atoms with Gasteiger partial charge in [0.15, 0.2) is 5.82 Å². The molecule has 1 aliphatic rings. The summed E-state index contributed by atoms with van der Waals surface area (Å²) in [5.74, 6) is 2.08. The van der Waals surface area contributed by atoms with Crippen molar-refractivity contribution in [3.63, 3.8) is 0 Å². The molecule has 1 saturated carbocycles. The lowest BCUT2D eigenvalue weighted by atomic mass is 9.87. The molecule has 0 radical (unpaired) electrons. The molecule has 3 rings (SSSR count). The Balaban J connectivity index is 1.66. The highest BCUT2D eigenvalue weighted by Gasteiger charge is 2.14. The van der Waals surface area contributed by atoms with Gasteiger partial charge in [0.1, 0.15) is 6.26 Å². The Hall–Kier alpha value is -1.91. The van der Waals surface area contributed by atoms with Crippen molar-refractivity contribution in [1.82, 2.24) is 15.3 Å². The van der Waals surface area contributed by atoms with Gasteiger partial charge >= 0.3 is 0 Å². The Morgan fingerprint density at radius 1 is 1.32 bits per heavy atom. The van der Waals surface area contributed by atoms with Gasteiger partial charge in [-0.1, -0.05) is 22.8 Å². The number of aromatic nitrogens is 3. The molecule has 0 aromatic carbocycles. The van der Waals surface area contributed by atoms with E-state index in [2.05, 4.69) is 22.2 Å². The molecule has 0 unspecified atom stereocenters. The van der Waals surface area contributed by atoms with Crippen LogP contribution >= 0.6 is 0 Å². The van der Waals surface area contributed by atoms with Crippen molar-refractivity contribution in [3.8, 4) is 0 Å². The third-order valence-corrected chi connectivity index (χ3v) is 3.56. The molecule has 2 heterocycles. The lowest BCUT2D eigenvalue weighted by molar-refractivity contribution is 0.398. The Labute approximate surface area is 111 Å². The molecule has 1 fully saturated rings. The topological polar surface area (TPSA) is 65.0 Å². The largest absolute Gasteiger partial charge is 0.364 e. The van der Waals surface area contributed by atoms with Gasteiger partial charge in [0.05, 0.1) is 12.1 Å². The van der Waals surface area contributed by atoms with Crippen LogP contribution in [0.1, 0.15) is 50.0 Å². The molecule has 2 aromatic heterocycles. The van der Waals surface area contributed by atoms with Gasteiger partial charge in [-0.25, -0.2) is 0 Å². The molecule has 5 nitrogen and oxygen atoms in total. The number of hydrogen-bond acceptors (Lipinski definition) is 5. The van der Waals surface area contributed by atoms with Crippen molar-refractivity contribution >= 4 is 6.08 Å². The fourth-order valence-electron chi connectivity index (χ4n) is 2.34. The lowest BCUT2D eigenvalue weighted by Crippen LogP contribution is -2.03. The second-order valence-corrected chi connectivity index (χ2v) is 5.20. The molecule has 0 N–H and O–H groups in total. The normalized spacial score (nSPS) is 19.6. The van der Waals surface area contributed by atoms with Crippen LogP contribution in [0.3, 0.4) is 0 Å². The molecule has 0 amide bonds. The summed E-state index contributed by atoms with van der Waals surface area (Å²) < 4.78 is 10.0. The van der Waals surface area contributed by atoms with Gasteiger partial charge < -0.3 is 9.05 Å². The summed E-state index contributed by atoms with van der Waals surface area (Å²) in [7, 11) is 0. The average Bonchev–Trinajstić information content (AvgIpc) is 3.05. The van der Waals surface area contributed by atoms with Crippen molar-refractivity contribution in [2.75, 3.05) is 0 Å². The zero-order chi connectivity index (χ0) is 13.1. The van der Waals surface area contributed by atoms with Crippen molar-refractivity contribution in [3.05, 3.63) is 35.3 Å². The van der Waals surface area contributed by atoms with E-state index in [1.807, 2.05) is 6.08 Å². The van der Waals surface area contributed by atoms with Gasteiger partial charge in [-0.3, -0.25) is 0 Å². The van der Waals surface area contributed by atoms with E-state index in [9.17, 15) is 0 Å². The van der Waals surface area contributed by atoms with Crippen LogP contribution in [0.2, 0.25) is 0 Å². The van der Waals surface area contributed by atoms with Gasteiger partial charge in [0, 0.05) is 12.1 Å². The standard InChI is InChI=1S/C14H17N3O2/c1-10-2-4-11(5-3-10)8-14-15-13(17-19-14)9-12-6-7-18-16-12/h6-8,10H,2-5,9H2,1H3. The maximum Gasteiger partial charge on any atom is 0.250 e. The SMILES string of the molecule is CC1CCC(=Cc2nc(Cc3ccon3)no2)CC1. The van der Waals surface area contributed by atoms with E-state index in [4.69, 9.17) is 9.05 Å². The fraction of sp³-hybridized carbons (Fsp3) is 0.500. The second kappa shape index (κ2) is 5.38. The first kappa shape index (κ1) is 12.1. The number of hydrogen-bond donors (Lipinski definition) is 0. The molecule has 0 atom stereocenters. The lowest BCUT2D eigenvalue weighted by Gasteiger charge is -2.19. The molecule has 100 valence electrons. The van der Waals surface area contributed by atoms with Crippen LogP contribution in [-0.2, 0) is 6.42 Å². The summed E-state index contributed by atoms with van der Waals surface area (Å²) in [5.41, 5.74) is 2.22. The molecule has 0 bridgehead atoms. The smallest absolute Gasteiger partial charge is 0.250 e. The number of allylic oxidation sites excluding steroid dienone is 1. The van der Waals surface area contributed by atoms with Crippen molar-refractivity contribution in [2.24, 2.45) is 5.92 Å². The highest BCUT2D eigenvalue weighted by Crippen LogP contribution is 2.28. The third-order valence-electron chi connectivity index (χ3n) is 3.56. The van der Waals surface area contributed by atoms with Crippen LogP contribution in [0.5, 0.6) is 0 Å². The quantitative estimate of drug-likeness (QED) is 0.846. The predicted molar refractivity (Wildman–Crippen MR) is 69.2 cm³/mol. The highest BCUT2D eigenvalue weighted by molar-refractivity contribution is 5.43. The molecule has 0 aliphatic heterocycles. The Morgan fingerprint density at radius 2 is 2.16 bits per heavy atom. The number of rotatable bonds is 3. The minimum atomic E-state index is 0.542. The van der Waals surface area contributed by atoms with Gasteiger partial charge in [-0.15, -0.1) is 0 Å². The van der Waals surface area contributed by atoms with E-state index >= 15 is 0 Å². The number of nitrogens with zero attached hydrogens (tertiary/aromatic N) is 3. The minimum Gasteiger partial charge on any atom is -0.364 e. The summed E-state index contributed by atoms with van der Waals surface area (Å²) in [4.78, 5) is 4.36. The van der Waals surface area contributed by atoms with Crippen LogP contribution < -0.4 is 0 Å². The van der Waals surface area contributed by atoms with Crippen LogP contribution in [0.15, 0.2) is 26.9 Å². The summed E-state index contributed by atoms with van der Waals surface area (Å²) in [5, 5.41) is 7.79. The van der Waals surface area contributed by atoms with Crippen LogP contribution in [0.25, 0.3) is 6.08 Å². The summed E-state index contributed by atoms with van der Waals surface area (Å²) in [6, 6.07) is 1.80. The van der Waals surface area contributed by atoms with Gasteiger partial charge in [-0.2, -0.15) is 4.98 Å². The first-order valence-electron chi connectivity index (χ1n) is 6.71. The van der Waals surface area contributed by atoms with E-state index < -0.39 is 0 Å². The molecule has 0 saturated heterocycles. The zero-order valence-corrected chi connectivity index (χ0v) is 11.0. The minimum absolute atomic E-state index is 0.542. The summed E-state index contributed by atoms with van der Waals surface area (Å²) >= 11 is 0. The molecule has 0 spiro atoms. The van der Waals surface area contributed by atoms with E-state index in [0.29, 0.717) is 18.1 Å². The summed E-state index contributed by atoms with van der Waals surface area (Å²) in [6.45, 7) is 2.31. The van der Waals surface area contributed by atoms with Gasteiger partial charge in [0.2, 0.25) is 0 Å². The molecular formula is C14H17N3O2. The summed E-state index contributed by atoms with van der Waals surface area (Å²) in [6.07, 6.45) is 8.91. The Morgan fingerprint density at radius 3 is 2.89 bits per heavy atom. The maximum atomic E-state index is 5.25. The van der Waals surface area contributed by atoms with E-state index in [0.717, 1.165) is 24.5 Å². The zero-order valence-electron chi connectivity index (χ0n) is 11.0. The van der Waals surface area contributed by atoms with Gasteiger partial charge in [-0.05, 0) is 31.6 Å². The maximum absolute atomic E-state index is 5.25. The molecule has 1 aliphatic carbocycles. The second-order valence-electron chi connectivity index (χ2n) is 5.20. The molecule has 2 aromatic rings. The van der Waals surface area contributed by atoms with E-state index in [1.54, 1.807) is 12.3 Å². The van der Waals surface area contributed by atoms with E-state index in [1.165, 1.54) is 18.4 Å². The van der Waals surface area contributed by atoms with Crippen LogP contribution in [-0.4, -0.2) is 15.3 Å². The van der Waals surface area contributed by atoms with Crippen molar-refractivity contribution < 1.29 is 9.05 Å². The molecule has 5 heteroatoms. The monoisotopic (exact) mass is 259 g/mol. The molecule has 19 heavy (non-hydrogen) atoms. The highest BCUT2D eigenvalue weighted by atomic mass is 16.5.